The van der Waals surface area contributed by atoms with Crippen molar-refractivity contribution < 1.29 is 4.39 Å². The van der Waals surface area contributed by atoms with E-state index < -0.39 is 0 Å². The number of fused-ring (bicyclic) bond motifs is 1. The molecule has 5 aromatic rings. The fraction of sp³-hybridized carbons (Fsp3) is 0.182. The summed E-state index contributed by atoms with van der Waals surface area (Å²) >= 11 is 1.36. The molecule has 154 valence electrons. The number of hydrogen-bond acceptors (Lipinski definition) is 6. The van der Waals surface area contributed by atoms with Gasteiger partial charge in [0.05, 0.1) is 22.4 Å². The summed E-state index contributed by atoms with van der Waals surface area (Å²) in [6.07, 6.45) is 7.71. The van der Waals surface area contributed by atoms with E-state index in [0.717, 1.165) is 39.7 Å². The number of anilines is 2. The van der Waals surface area contributed by atoms with Crippen LogP contribution in [-0.2, 0) is 6.54 Å². The van der Waals surface area contributed by atoms with E-state index >= 15 is 4.39 Å². The molecule has 6 rings (SSSR count). The third-order valence-electron chi connectivity index (χ3n) is 5.41. The minimum Gasteiger partial charge on any atom is -0.359 e. The van der Waals surface area contributed by atoms with Crippen molar-refractivity contribution in [1.82, 2.24) is 29.7 Å². The summed E-state index contributed by atoms with van der Waals surface area (Å²) in [6.45, 7) is 0.850. The Morgan fingerprint density at radius 3 is 2.81 bits per heavy atom. The topological polar surface area (TPSA) is 84.3 Å². The van der Waals surface area contributed by atoms with Crippen molar-refractivity contribution in [3.05, 3.63) is 60.8 Å². The molecule has 0 bridgehead atoms. The van der Waals surface area contributed by atoms with Crippen LogP contribution in [0.4, 0.5) is 15.2 Å². The van der Waals surface area contributed by atoms with Gasteiger partial charge in [0, 0.05) is 36.8 Å². The normalized spacial score (nSPS) is 13.7. The number of nitrogens with one attached hydrogen (secondary N) is 2. The van der Waals surface area contributed by atoms with Crippen LogP contribution in [0.5, 0.6) is 0 Å². The molecule has 0 radical (unpaired) electrons. The van der Waals surface area contributed by atoms with E-state index in [9.17, 15) is 0 Å². The minimum absolute atomic E-state index is 0.332. The zero-order valence-electron chi connectivity index (χ0n) is 16.4. The van der Waals surface area contributed by atoms with Gasteiger partial charge in [0.2, 0.25) is 5.13 Å². The Bertz CT molecular complexity index is 1350. The number of pyridine rings is 1. The highest BCUT2D eigenvalue weighted by Gasteiger charge is 2.25. The summed E-state index contributed by atoms with van der Waals surface area (Å²) in [4.78, 5) is 12.1. The molecule has 4 aromatic heterocycles. The fourth-order valence-electron chi connectivity index (χ4n) is 3.66. The highest BCUT2D eigenvalue weighted by Crippen LogP contribution is 2.36. The molecule has 9 heteroatoms. The maximum Gasteiger partial charge on any atom is 0.210 e. The highest BCUT2D eigenvalue weighted by molar-refractivity contribution is 7.18. The SMILES string of the molecule is Fc1cc2c(cc1Nc1nnc(-c3ccncc3)s1)nc(-c1ccc[nH]1)n2CC1CC1. The average Bonchev–Trinajstić information content (AvgIpc) is 3.17. The van der Waals surface area contributed by atoms with E-state index in [-0.39, 0.29) is 5.82 Å². The van der Waals surface area contributed by atoms with Crippen molar-refractivity contribution in [2.45, 2.75) is 19.4 Å². The smallest absolute Gasteiger partial charge is 0.210 e. The molecule has 0 saturated heterocycles. The van der Waals surface area contributed by atoms with E-state index in [1.54, 1.807) is 24.5 Å². The molecule has 0 atom stereocenters. The number of aromatic amines is 1. The molecular formula is C22H18FN7S. The molecule has 4 heterocycles. The molecule has 7 nitrogen and oxygen atoms in total. The van der Waals surface area contributed by atoms with E-state index in [1.165, 1.54) is 24.2 Å². The van der Waals surface area contributed by atoms with Gasteiger partial charge in [-0.1, -0.05) is 11.3 Å². The lowest BCUT2D eigenvalue weighted by Crippen LogP contribution is -2.03. The van der Waals surface area contributed by atoms with E-state index in [4.69, 9.17) is 4.98 Å². The molecular weight excluding hydrogens is 413 g/mol. The maximum absolute atomic E-state index is 15.1. The van der Waals surface area contributed by atoms with Gasteiger partial charge in [-0.15, -0.1) is 10.2 Å². The molecule has 1 aliphatic carbocycles. The van der Waals surface area contributed by atoms with Gasteiger partial charge < -0.3 is 14.9 Å². The molecule has 31 heavy (non-hydrogen) atoms. The molecule has 2 N–H and O–H groups in total. The first-order valence-corrected chi connectivity index (χ1v) is 10.9. The third-order valence-corrected chi connectivity index (χ3v) is 6.30. The summed E-state index contributed by atoms with van der Waals surface area (Å²) in [5.74, 6) is 1.13. The number of imidazole rings is 1. The number of benzene rings is 1. The van der Waals surface area contributed by atoms with E-state index in [2.05, 4.69) is 30.0 Å². The molecule has 0 unspecified atom stereocenters. The molecule has 0 amide bonds. The maximum atomic E-state index is 15.1. The predicted molar refractivity (Wildman–Crippen MR) is 119 cm³/mol. The summed E-state index contributed by atoms with van der Waals surface area (Å²) in [6, 6.07) is 11.0. The number of rotatable bonds is 6. The summed E-state index contributed by atoms with van der Waals surface area (Å²) in [7, 11) is 0. The van der Waals surface area contributed by atoms with Gasteiger partial charge in [0.15, 0.2) is 5.82 Å². The molecule has 0 spiro atoms. The first-order chi connectivity index (χ1) is 15.2. The second kappa shape index (κ2) is 7.28. The fourth-order valence-corrected chi connectivity index (χ4v) is 4.42. The van der Waals surface area contributed by atoms with Crippen molar-refractivity contribution in [3.63, 3.8) is 0 Å². The van der Waals surface area contributed by atoms with Gasteiger partial charge in [-0.05, 0) is 49.1 Å². The van der Waals surface area contributed by atoms with Crippen molar-refractivity contribution in [2.75, 3.05) is 5.32 Å². The van der Waals surface area contributed by atoms with Crippen molar-refractivity contribution in [3.8, 4) is 22.1 Å². The number of hydrogen-bond donors (Lipinski definition) is 2. The van der Waals surface area contributed by atoms with Crippen LogP contribution in [0.25, 0.3) is 33.1 Å². The van der Waals surface area contributed by atoms with Crippen LogP contribution >= 0.6 is 11.3 Å². The Morgan fingerprint density at radius 2 is 2.03 bits per heavy atom. The molecule has 1 aliphatic rings. The zero-order chi connectivity index (χ0) is 20.8. The van der Waals surface area contributed by atoms with Gasteiger partial charge in [0.25, 0.3) is 0 Å². The molecule has 1 saturated carbocycles. The lowest BCUT2D eigenvalue weighted by Gasteiger charge is -2.08. The van der Waals surface area contributed by atoms with Crippen molar-refractivity contribution >= 4 is 33.2 Å². The van der Waals surface area contributed by atoms with E-state index in [0.29, 0.717) is 16.7 Å². The average molecular weight is 432 g/mol. The van der Waals surface area contributed by atoms with Gasteiger partial charge >= 0.3 is 0 Å². The first kappa shape index (κ1) is 18.2. The Labute approximate surface area is 181 Å². The highest BCUT2D eigenvalue weighted by atomic mass is 32.1. The number of halogens is 1. The Kier molecular flexibility index (Phi) is 4.27. The van der Waals surface area contributed by atoms with Gasteiger partial charge in [-0.2, -0.15) is 0 Å². The van der Waals surface area contributed by atoms with Crippen molar-refractivity contribution in [1.29, 1.82) is 0 Å². The van der Waals surface area contributed by atoms with E-state index in [1.807, 2.05) is 30.5 Å². The molecule has 1 fully saturated rings. The first-order valence-electron chi connectivity index (χ1n) is 10.1. The van der Waals surface area contributed by atoms with Crippen LogP contribution in [0.3, 0.4) is 0 Å². The van der Waals surface area contributed by atoms with Gasteiger partial charge in [-0.3, -0.25) is 4.98 Å². The monoisotopic (exact) mass is 431 g/mol. The zero-order valence-corrected chi connectivity index (χ0v) is 17.2. The van der Waals surface area contributed by atoms with Crippen molar-refractivity contribution in [2.24, 2.45) is 5.92 Å². The quantitative estimate of drug-likeness (QED) is 0.384. The summed E-state index contributed by atoms with van der Waals surface area (Å²) in [5, 5.41) is 12.7. The van der Waals surface area contributed by atoms with Crippen LogP contribution in [-0.4, -0.2) is 29.7 Å². The van der Waals surface area contributed by atoms with Crippen LogP contribution in [0.15, 0.2) is 55.0 Å². The second-order valence-corrected chi connectivity index (χ2v) is 8.64. The van der Waals surface area contributed by atoms with Crippen LogP contribution < -0.4 is 5.32 Å². The largest absolute Gasteiger partial charge is 0.359 e. The number of aromatic nitrogens is 6. The van der Waals surface area contributed by atoms with Crippen LogP contribution in [0, 0.1) is 11.7 Å². The van der Waals surface area contributed by atoms with Gasteiger partial charge in [-0.25, -0.2) is 9.37 Å². The van der Waals surface area contributed by atoms with Crippen LogP contribution in [0.1, 0.15) is 12.8 Å². The predicted octanol–water partition coefficient (Wildman–Crippen LogP) is 5.24. The lowest BCUT2D eigenvalue weighted by atomic mass is 10.2. The second-order valence-electron chi connectivity index (χ2n) is 7.67. The number of nitrogens with zero attached hydrogens (tertiary/aromatic N) is 5. The Hall–Kier alpha value is -3.59. The molecule has 0 aliphatic heterocycles. The minimum atomic E-state index is -0.344. The lowest BCUT2D eigenvalue weighted by molar-refractivity contribution is 0.626. The Balaban J connectivity index is 1.37. The standard InChI is InChI=1S/C22H18FN7S/c23-15-10-19-18(26-20(16-2-1-7-25-16)30(19)12-13-3-4-13)11-17(15)27-22-29-28-21(31-22)14-5-8-24-9-6-14/h1-2,5-11,13,25H,3-4,12H2,(H,27,29). The summed E-state index contributed by atoms with van der Waals surface area (Å²) in [5.41, 5.74) is 3.73. The Morgan fingerprint density at radius 1 is 1.16 bits per heavy atom. The van der Waals surface area contributed by atoms with Crippen LogP contribution in [0.2, 0.25) is 0 Å². The molecule has 1 aromatic carbocycles. The summed E-state index contributed by atoms with van der Waals surface area (Å²) < 4.78 is 17.2. The van der Waals surface area contributed by atoms with Gasteiger partial charge in [0.1, 0.15) is 10.8 Å². The number of H-pyrrole nitrogens is 1. The third kappa shape index (κ3) is 3.46.